The van der Waals surface area contributed by atoms with Gasteiger partial charge in [-0.25, -0.2) is 0 Å². The number of rotatable bonds is 3. The van der Waals surface area contributed by atoms with Crippen LogP contribution in [-0.2, 0) is 9.53 Å². The maximum absolute atomic E-state index is 11.0. The van der Waals surface area contributed by atoms with Gasteiger partial charge in [-0.1, -0.05) is 19.8 Å². The Balaban J connectivity index is 0. The Morgan fingerprint density at radius 3 is 2.42 bits per heavy atom. The van der Waals surface area contributed by atoms with Crippen LogP contribution in [0, 0.1) is 12.3 Å². The molecule has 5 nitrogen and oxygen atoms in total. The molecule has 0 aliphatic heterocycles. The number of carbonyl (C=O) groups excluding carboxylic acids is 1. The maximum Gasteiger partial charge on any atom is 0.220 e. The predicted molar refractivity (Wildman–Crippen MR) is 77.4 cm³/mol. The number of aromatic nitrogens is 2. The SMILES string of the molecule is C#CCOC.CC.CC(=O)N(C)C(C)n1cccn1. The number of hydrogen-bond acceptors (Lipinski definition) is 3. The number of methoxy groups -OCH3 is 1. The molecule has 108 valence electrons. The summed E-state index contributed by atoms with van der Waals surface area (Å²) in [7, 11) is 3.33. The highest BCUT2D eigenvalue weighted by Crippen LogP contribution is 2.07. The molecule has 0 saturated heterocycles. The quantitative estimate of drug-likeness (QED) is 0.789. The lowest BCUT2D eigenvalue weighted by molar-refractivity contribution is -0.131. The highest BCUT2D eigenvalue weighted by atomic mass is 16.5. The standard InChI is InChI=1S/C8H13N3O.C4H6O.C2H6/c1-7(10(3)8(2)12)11-6-4-5-9-11;1-3-4-5-2;1-2/h4-7H,1-3H3;1H,4H2,2H3;1-2H3. The summed E-state index contributed by atoms with van der Waals surface area (Å²) >= 11 is 0. The lowest BCUT2D eigenvalue weighted by atomic mass is 10.4. The van der Waals surface area contributed by atoms with Crippen molar-refractivity contribution in [2.45, 2.75) is 33.9 Å². The topological polar surface area (TPSA) is 47.4 Å². The molecule has 1 heterocycles. The molecule has 0 aliphatic rings. The van der Waals surface area contributed by atoms with E-state index in [1.54, 1.807) is 36.9 Å². The Kier molecular flexibility index (Phi) is 13.0. The van der Waals surface area contributed by atoms with E-state index in [4.69, 9.17) is 6.42 Å². The van der Waals surface area contributed by atoms with E-state index >= 15 is 0 Å². The van der Waals surface area contributed by atoms with Crippen LogP contribution in [0.5, 0.6) is 0 Å². The largest absolute Gasteiger partial charge is 0.372 e. The van der Waals surface area contributed by atoms with Gasteiger partial charge in [0.05, 0.1) is 0 Å². The lowest BCUT2D eigenvalue weighted by Crippen LogP contribution is -2.31. The molecule has 1 aromatic rings. The van der Waals surface area contributed by atoms with Crippen LogP contribution in [0.25, 0.3) is 0 Å². The van der Waals surface area contributed by atoms with Crippen molar-refractivity contribution < 1.29 is 9.53 Å². The highest BCUT2D eigenvalue weighted by Gasteiger charge is 2.12. The summed E-state index contributed by atoms with van der Waals surface area (Å²) in [6, 6.07) is 1.84. The van der Waals surface area contributed by atoms with E-state index in [1.165, 1.54) is 0 Å². The van der Waals surface area contributed by atoms with Gasteiger partial charge in [0.15, 0.2) is 0 Å². The monoisotopic (exact) mass is 267 g/mol. The van der Waals surface area contributed by atoms with E-state index in [0.717, 1.165) is 0 Å². The molecule has 0 bridgehead atoms. The summed E-state index contributed by atoms with van der Waals surface area (Å²) < 4.78 is 6.19. The number of carbonyl (C=O) groups is 1. The molecule has 19 heavy (non-hydrogen) atoms. The van der Waals surface area contributed by atoms with Crippen LogP contribution in [-0.4, -0.2) is 41.4 Å². The van der Waals surface area contributed by atoms with E-state index in [2.05, 4.69) is 15.8 Å². The minimum atomic E-state index is -0.0162. The van der Waals surface area contributed by atoms with Gasteiger partial charge < -0.3 is 9.64 Å². The predicted octanol–water partition coefficient (Wildman–Crippen LogP) is 2.17. The number of amides is 1. The van der Waals surface area contributed by atoms with Crippen LogP contribution in [0.15, 0.2) is 18.5 Å². The van der Waals surface area contributed by atoms with Gasteiger partial charge in [0.25, 0.3) is 0 Å². The number of nitrogens with zero attached hydrogens (tertiary/aromatic N) is 3. The fourth-order valence-electron chi connectivity index (χ4n) is 1.03. The van der Waals surface area contributed by atoms with Crippen LogP contribution in [0.1, 0.15) is 33.9 Å². The smallest absolute Gasteiger partial charge is 0.220 e. The van der Waals surface area contributed by atoms with Gasteiger partial charge in [0, 0.05) is 33.5 Å². The molecule has 1 unspecified atom stereocenters. The Bertz CT molecular complexity index is 355. The third-order valence-electron chi connectivity index (χ3n) is 2.19. The van der Waals surface area contributed by atoms with Gasteiger partial charge >= 0.3 is 0 Å². The summed E-state index contributed by atoms with van der Waals surface area (Å²) in [6.07, 6.45) is 8.28. The first-order valence-electron chi connectivity index (χ1n) is 6.19. The van der Waals surface area contributed by atoms with E-state index in [-0.39, 0.29) is 12.1 Å². The second kappa shape index (κ2) is 12.7. The molecule has 1 aromatic heterocycles. The number of hydrogen-bond donors (Lipinski definition) is 0. The van der Waals surface area contributed by atoms with Gasteiger partial charge in [-0.05, 0) is 13.0 Å². The molecule has 1 rings (SSSR count). The van der Waals surface area contributed by atoms with Crippen LogP contribution < -0.4 is 0 Å². The normalized spacial score (nSPS) is 9.95. The van der Waals surface area contributed by atoms with Gasteiger partial charge in [-0.15, -0.1) is 6.42 Å². The second-order valence-electron chi connectivity index (χ2n) is 3.39. The first-order valence-corrected chi connectivity index (χ1v) is 6.19. The van der Waals surface area contributed by atoms with Crippen molar-refractivity contribution in [1.29, 1.82) is 0 Å². The van der Waals surface area contributed by atoms with E-state index in [9.17, 15) is 4.79 Å². The van der Waals surface area contributed by atoms with Crippen molar-refractivity contribution in [2.75, 3.05) is 20.8 Å². The average Bonchev–Trinajstić information content (AvgIpc) is 2.95. The molecular formula is C14H25N3O2. The molecule has 0 fully saturated rings. The molecule has 0 N–H and O–H groups in total. The average molecular weight is 267 g/mol. The number of terminal acetylenes is 1. The van der Waals surface area contributed by atoms with Gasteiger partial charge in [-0.2, -0.15) is 5.10 Å². The van der Waals surface area contributed by atoms with Gasteiger partial charge in [0.2, 0.25) is 5.91 Å². The van der Waals surface area contributed by atoms with Crippen molar-refractivity contribution >= 4 is 5.91 Å². The fraction of sp³-hybridized carbons (Fsp3) is 0.571. The van der Waals surface area contributed by atoms with E-state index in [1.807, 2.05) is 33.0 Å². The van der Waals surface area contributed by atoms with E-state index in [0.29, 0.717) is 6.61 Å². The molecular weight excluding hydrogens is 242 g/mol. The molecule has 1 atom stereocenters. The molecule has 0 radical (unpaired) electrons. The lowest BCUT2D eigenvalue weighted by Gasteiger charge is -2.23. The molecule has 5 heteroatoms. The zero-order valence-electron chi connectivity index (χ0n) is 12.8. The highest BCUT2D eigenvalue weighted by molar-refractivity contribution is 5.72. The fourth-order valence-corrected chi connectivity index (χ4v) is 1.03. The van der Waals surface area contributed by atoms with Crippen molar-refractivity contribution in [3.63, 3.8) is 0 Å². The minimum Gasteiger partial charge on any atom is -0.372 e. The second-order valence-corrected chi connectivity index (χ2v) is 3.39. The Morgan fingerprint density at radius 1 is 1.58 bits per heavy atom. The molecule has 0 aromatic carbocycles. The van der Waals surface area contributed by atoms with Gasteiger partial charge in [-0.3, -0.25) is 9.48 Å². The molecule has 0 aliphatic carbocycles. The molecule has 0 spiro atoms. The third kappa shape index (κ3) is 8.86. The van der Waals surface area contributed by atoms with Crippen molar-refractivity contribution in [1.82, 2.24) is 14.7 Å². The van der Waals surface area contributed by atoms with Crippen LogP contribution in [0.3, 0.4) is 0 Å². The summed E-state index contributed by atoms with van der Waals surface area (Å²) in [5, 5.41) is 4.04. The molecule has 0 saturated carbocycles. The van der Waals surface area contributed by atoms with Crippen LogP contribution in [0.2, 0.25) is 0 Å². The first kappa shape index (κ1) is 19.5. The minimum absolute atomic E-state index is 0.0162. The first-order chi connectivity index (χ1) is 9.04. The van der Waals surface area contributed by atoms with Crippen LogP contribution in [0.4, 0.5) is 0 Å². The number of ether oxygens (including phenoxy) is 1. The zero-order chi connectivity index (χ0) is 15.3. The van der Waals surface area contributed by atoms with Gasteiger partial charge in [0.1, 0.15) is 12.8 Å². The zero-order valence-corrected chi connectivity index (χ0v) is 12.8. The summed E-state index contributed by atoms with van der Waals surface area (Å²) in [4.78, 5) is 12.6. The molecule has 1 amide bonds. The Morgan fingerprint density at radius 2 is 2.16 bits per heavy atom. The van der Waals surface area contributed by atoms with E-state index < -0.39 is 0 Å². The third-order valence-corrected chi connectivity index (χ3v) is 2.19. The van der Waals surface area contributed by atoms with Crippen molar-refractivity contribution in [2.24, 2.45) is 0 Å². The Labute approximate surface area is 116 Å². The van der Waals surface area contributed by atoms with Crippen molar-refractivity contribution in [3.8, 4) is 12.3 Å². The Hall–Kier alpha value is -1.80. The maximum atomic E-state index is 11.0. The van der Waals surface area contributed by atoms with Crippen LogP contribution >= 0.6 is 0 Å². The van der Waals surface area contributed by atoms with Crippen molar-refractivity contribution in [3.05, 3.63) is 18.5 Å². The summed E-state index contributed by atoms with van der Waals surface area (Å²) in [6.45, 7) is 7.88. The summed E-state index contributed by atoms with van der Waals surface area (Å²) in [5.74, 6) is 2.33. The summed E-state index contributed by atoms with van der Waals surface area (Å²) in [5.41, 5.74) is 0.